The molecule has 2 saturated heterocycles. The highest BCUT2D eigenvalue weighted by molar-refractivity contribution is 5.94. The lowest BCUT2D eigenvalue weighted by atomic mass is 10.1. The Morgan fingerprint density at radius 1 is 1.32 bits per heavy atom. The van der Waals surface area contributed by atoms with Crippen LogP contribution in [0.3, 0.4) is 0 Å². The summed E-state index contributed by atoms with van der Waals surface area (Å²) in [4.78, 5) is 30.9. The molecule has 0 spiro atoms. The molecular weight excluding hydrogens is 242 g/mol. The van der Waals surface area contributed by atoms with Gasteiger partial charge in [-0.3, -0.25) is 14.5 Å². The van der Waals surface area contributed by atoms with Crippen molar-refractivity contribution in [1.82, 2.24) is 14.8 Å². The molecular formula is C14H19N3O2. The number of hydrogen-bond donors (Lipinski definition) is 1. The number of aromatic nitrogens is 1. The van der Waals surface area contributed by atoms with E-state index < -0.39 is 0 Å². The van der Waals surface area contributed by atoms with Gasteiger partial charge in [-0.05, 0) is 32.4 Å². The van der Waals surface area contributed by atoms with E-state index in [2.05, 4.69) is 9.88 Å². The van der Waals surface area contributed by atoms with E-state index in [1.807, 2.05) is 4.90 Å². The topological polar surface area (TPSA) is 56.4 Å². The molecule has 0 aliphatic carbocycles. The van der Waals surface area contributed by atoms with Crippen LogP contribution in [0.15, 0.2) is 16.9 Å². The van der Waals surface area contributed by atoms with Gasteiger partial charge in [-0.2, -0.15) is 0 Å². The summed E-state index contributed by atoms with van der Waals surface area (Å²) >= 11 is 0. The summed E-state index contributed by atoms with van der Waals surface area (Å²) in [6, 6.07) is 3.67. The third-order valence-electron chi connectivity index (χ3n) is 4.10. The highest BCUT2D eigenvalue weighted by Crippen LogP contribution is 2.22. The smallest absolute Gasteiger partial charge is 0.254 e. The second-order valence-electron chi connectivity index (χ2n) is 5.50. The zero-order valence-electron chi connectivity index (χ0n) is 11.2. The van der Waals surface area contributed by atoms with E-state index in [4.69, 9.17) is 0 Å². The van der Waals surface area contributed by atoms with Crippen molar-refractivity contribution in [1.29, 1.82) is 0 Å². The van der Waals surface area contributed by atoms with Crippen LogP contribution >= 0.6 is 0 Å². The first-order valence-corrected chi connectivity index (χ1v) is 6.88. The van der Waals surface area contributed by atoms with Gasteiger partial charge in [0.15, 0.2) is 0 Å². The number of rotatable bonds is 1. The third-order valence-corrected chi connectivity index (χ3v) is 4.10. The summed E-state index contributed by atoms with van der Waals surface area (Å²) in [6.07, 6.45) is 2.41. The minimum atomic E-state index is -0.206. The predicted octanol–water partition coefficient (Wildman–Crippen LogP) is 0.604. The second-order valence-corrected chi connectivity index (χ2v) is 5.50. The Kier molecular flexibility index (Phi) is 3.14. The van der Waals surface area contributed by atoms with Crippen molar-refractivity contribution in [2.75, 3.05) is 26.2 Å². The highest BCUT2D eigenvalue weighted by Gasteiger charge is 2.32. The fourth-order valence-corrected chi connectivity index (χ4v) is 3.16. The molecule has 0 radical (unpaired) electrons. The second kappa shape index (κ2) is 4.81. The molecule has 5 heteroatoms. The lowest BCUT2D eigenvalue weighted by Gasteiger charge is -2.37. The van der Waals surface area contributed by atoms with Crippen LogP contribution in [0.1, 0.15) is 28.9 Å². The quantitative estimate of drug-likeness (QED) is 0.805. The van der Waals surface area contributed by atoms with E-state index >= 15 is 0 Å². The number of hydrogen-bond acceptors (Lipinski definition) is 3. The van der Waals surface area contributed by atoms with Gasteiger partial charge in [-0.15, -0.1) is 0 Å². The predicted molar refractivity (Wildman–Crippen MR) is 72.3 cm³/mol. The molecule has 3 heterocycles. The summed E-state index contributed by atoms with van der Waals surface area (Å²) in [5.74, 6) is -0.0132. The van der Waals surface area contributed by atoms with Crippen molar-refractivity contribution in [2.45, 2.75) is 25.8 Å². The molecule has 0 unspecified atom stereocenters. The van der Waals surface area contributed by atoms with Crippen molar-refractivity contribution in [3.8, 4) is 0 Å². The van der Waals surface area contributed by atoms with Gasteiger partial charge in [0.1, 0.15) is 0 Å². The summed E-state index contributed by atoms with van der Waals surface area (Å²) < 4.78 is 0. The average Bonchev–Trinajstić information content (AvgIpc) is 2.83. The third kappa shape index (κ3) is 2.42. The van der Waals surface area contributed by atoms with E-state index in [0.29, 0.717) is 11.6 Å². The van der Waals surface area contributed by atoms with Gasteiger partial charge >= 0.3 is 0 Å². The molecule has 1 atom stereocenters. The van der Waals surface area contributed by atoms with Crippen LogP contribution < -0.4 is 5.56 Å². The van der Waals surface area contributed by atoms with Gasteiger partial charge in [0, 0.05) is 43.0 Å². The molecule has 2 fully saturated rings. The van der Waals surface area contributed by atoms with Crippen LogP contribution in [0.2, 0.25) is 0 Å². The van der Waals surface area contributed by atoms with Gasteiger partial charge in [0.25, 0.3) is 5.91 Å². The van der Waals surface area contributed by atoms with Crippen molar-refractivity contribution in [2.24, 2.45) is 0 Å². The molecule has 3 rings (SSSR count). The van der Waals surface area contributed by atoms with E-state index in [1.54, 1.807) is 13.0 Å². The van der Waals surface area contributed by atoms with Crippen LogP contribution in [-0.2, 0) is 0 Å². The molecule has 1 amide bonds. The number of piperazine rings is 1. The van der Waals surface area contributed by atoms with Gasteiger partial charge in [-0.1, -0.05) is 0 Å². The van der Waals surface area contributed by atoms with Crippen molar-refractivity contribution < 1.29 is 4.79 Å². The number of H-pyrrole nitrogens is 1. The van der Waals surface area contributed by atoms with Crippen molar-refractivity contribution in [3.05, 3.63) is 33.7 Å². The average molecular weight is 261 g/mol. The fourth-order valence-electron chi connectivity index (χ4n) is 3.16. The van der Waals surface area contributed by atoms with Gasteiger partial charge in [-0.25, -0.2) is 0 Å². The number of pyridine rings is 1. The zero-order valence-corrected chi connectivity index (χ0v) is 11.2. The number of carbonyl (C=O) groups is 1. The Labute approximate surface area is 112 Å². The Balaban J connectivity index is 1.78. The minimum Gasteiger partial charge on any atom is -0.336 e. The van der Waals surface area contributed by atoms with Crippen LogP contribution in [0.5, 0.6) is 0 Å². The molecule has 19 heavy (non-hydrogen) atoms. The van der Waals surface area contributed by atoms with Crippen LogP contribution in [0.4, 0.5) is 0 Å². The molecule has 0 aromatic carbocycles. The lowest BCUT2D eigenvalue weighted by Crippen LogP contribution is -2.52. The van der Waals surface area contributed by atoms with Crippen LogP contribution in [-0.4, -0.2) is 52.9 Å². The van der Waals surface area contributed by atoms with Gasteiger partial charge in [0.2, 0.25) is 5.56 Å². The first-order valence-electron chi connectivity index (χ1n) is 6.88. The standard InChI is InChI=1S/C14H19N3O2/c1-10-7-11(8-13(18)15-10)14(19)17-6-5-16-4-2-3-12(16)9-17/h7-8,12H,2-6,9H2,1H3,(H,15,18)/t12-/m0/s1. The lowest BCUT2D eigenvalue weighted by molar-refractivity contribution is 0.0571. The van der Waals surface area contributed by atoms with Gasteiger partial charge in [0.05, 0.1) is 0 Å². The molecule has 1 aromatic rings. The number of carbonyl (C=O) groups excluding carboxylic acids is 1. The number of nitrogens with zero attached hydrogens (tertiary/aromatic N) is 2. The molecule has 0 bridgehead atoms. The SMILES string of the molecule is Cc1cc(C(=O)N2CCN3CCC[C@H]3C2)cc(=O)[nH]1. The van der Waals surface area contributed by atoms with Crippen LogP contribution in [0, 0.1) is 6.92 Å². The Hall–Kier alpha value is -1.62. The molecule has 1 aromatic heterocycles. The zero-order chi connectivity index (χ0) is 13.4. The van der Waals surface area contributed by atoms with Crippen LogP contribution in [0.25, 0.3) is 0 Å². The first-order chi connectivity index (χ1) is 9.13. The maximum atomic E-state index is 12.4. The molecule has 1 N–H and O–H groups in total. The monoisotopic (exact) mass is 261 g/mol. The number of nitrogens with one attached hydrogen (secondary N) is 1. The molecule has 0 saturated carbocycles. The number of fused-ring (bicyclic) bond motifs is 1. The van der Waals surface area contributed by atoms with E-state index in [9.17, 15) is 9.59 Å². The largest absolute Gasteiger partial charge is 0.336 e. The van der Waals surface area contributed by atoms with Gasteiger partial charge < -0.3 is 9.88 Å². The summed E-state index contributed by atoms with van der Waals surface area (Å²) in [5.41, 5.74) is 1.03. The normalized spacial score (nSPS) is 23.4. The summed E-state index contributed by atoms with van der Waals surface area (Å²) in [5, 5.41) is 0. The number of amides is 1. The minimum absolute atomic E-state index is 0.0132. The Morgan fingerprint density at radius 3 is 2.95 bits per heavy atom. The molecule has 102 valence electrons. The van der Waals surface area contributed by atoms with E-state index in [0.717, 1.165) is 31.9 Å². The Morgan fingerprint density at radius 2 is 2.16 bits per heavy atom. The molecule has 2 aliphatic rings. The van der Waals surface area contributed by atoms with Crippen molar-refractivity contribution >= 4 is 5.91 Å². The van der Waals surface area contributed by atoms with E-state index in [-0.39, 0.29) is 11.5 Å². The van der Waals surface area contributed by atoms with E-state index in [1.165, 1.54) is 18.9 Å². The molecule has 5 nitrogen and oxygen atoms in total. The first kappa shape index (κ1) is 12.4. The fraction of sp³-hybridized carbons (Fsp3) is 0.571. The maximum absolute atomic E-state index is 12.4. The number of aryl methyl sites for hydroxylation is 1. The molecule has 2 aliphatic heterocycles. The van der Waals surface area contributed by atoms with Crippen molar-refractivity contribution in [3.63, 3.8) is 0 Å². The maximum Gasteiger partial charge on any atom is 0.254 e. The number of aromatic amines is 1. The highest BCUT2D eigenvalue weighted by atomic mass is 16.2. The summed E-state index contributed by atoms with van der Waals surface area (Å²) in [7, 11) is 0. The summed E-state index contributed by atoms with van der Waals surface area (Å²) in [6.45, 7) is 5.48. The Bertz CT molecular complexity index is 552.